The van der Waals surface area contributed by atoms with E-state index in [1.54, 1.807) is 0 Å². The Balaban J connectivity index is 0.00000480. The van der Waals surface area contributed by atoms with Crippen molar-refractivity contribution in [3.8, 4) is 0 Å². The molecular weight excluding hydrogens is 505 g/mol. The van der Waals surface area contributed by atoms with Crippen LogP contribution < -0.4 is 16.0 Å². The molecule has 1 aliphatic heterocycles. The molecule has 3 N–H and O–H groups in total. The topological polar surface area (TPSA) is 78.0 Å². The number of aliphatic imine (C=N–C) groups is 1. The monoisotopic (exact) mass is 545 g/mol. The second kappa shape index (κ2) is 13.8. The van der Waals surface area contributed by atoms with Crippen molar-refractivity contribution in [2.75, 3.05) is 45.1 Å². The number of nitrogens with zero attached hydrogens (tertiary/aromatic N) is 2. The van der Waals surface area contributed by atoms with Gasteiger partial charge in [-0.2, -0.15) is 0 Å². The average molecular weight is 546 g/mol. The molecule has 0 aromatic heterocycles. The molecule has 31 heavy (non-hydrogen) atoms. The van der Waals surface area contributed by atoms with Gasteiger partial charge in [-0.05, 0) is 90.7 Å². The molecule has 0 bridgehead atoms. The summed E-state index contributed by atoms with van der Waals surface area (Å²) in [7, 11) is 2.19. The van der Waals surface area contributed by atoms with Crippen molar-refractivity contribution in [3.63, 3.8) is 0 Å². The molecule has 8 heteroatoms. The van der Waals surface area contributed by atoms with E-state index in [0.29, 0.717) is 5.92 Å². The van der Waals surface area contributed by atoms with Crippen LogP contribution in [0.5, 0.6) is 0 Å². The Morgan fingerprint density at radius 2 is 1.81 bits per heavy atom. The summed E-state index contributed by atoms with van der Waals surface area (Å²) in [6.07, 6.45) is 2.89. The zero-order valence-electron chi connectivity index (χ0n) is 19.7. The van der Waals surface area contributed by atoms with E-state index < -0.39 is 11.7 Å². The normalized spacial score (nSPS) is 15.7. The van der Waals surface area contributed by atoms with Gasteiger partial charge in [0.1, 0.15) is 5.60 Å². The van der Waals surface area contributed by atoms with Crippen LogP contribution in [0.1, 0.15) is 46.1 Å². The molecule has 2 rings (SSSR count). The van der Waals surface area contributed by atoms with Gasteiger partial charge in [-0.25, -0.2) is 4.79 Å². The van der Waals surface area contributed by atoms with E-state index in [4.69, 9.17) is 9.73 Å². The van der Waals surface area contributed by atoms with Gasteiger partial charge in [-0.15, -0.1) is 24.0 Å². The quantitative estimate of drug-likeness (QED) is 0.274. The lowest BCUT2D eigenvalue weighted by molar-refractivity contribution is 0.0636. The van der Waals surface area contributed by atoms with Gasteiger partial charge in [-0.3, -0.25) is 10.3 Å². The maximum absolute atomic E-state index is 11.8. The van der Waals surface area contributed by atoms with Gasteiger partial charge in [0.2, 0.25) is 0 Å². The van der Waals surface area contributed by atoms with E-state index in [0.717, 1.165) is 37.7 Å². The molecule has 1 heterocycles. The van der Waals surface area contributed by atoms with Crippen LogP contribution in [0.15, 0.2) is 29.3 Å². The SMILES string of the molecule is CCNC(=NCC1CCN(C)CC1)NCCc1ccc(NC(=O)OC(C)(C)C)cc1.I. The number of hydrogen-bond acceptors (Lipinski definition) is 4. The molecule has 0 aliphatic carbocycles. The summed E-state index contributed by atoms with van der Waals surface area (Å²) >= 11 is 0. The Bertz CT molecular complexity index is 680. The molecule has 0 unspecified atom stereocenters. The second-order valence-electron chi connectivity index (χ2n) is 8.97. The van der Waals surface area contributed by atoms with Crippen molar-refractivity contribution in [3.05, 3.63) is 29.8 Å². The Labute approximate surface area is 204 Å². The first kappa shape index (κ1) is 27.5. The minimum absolute atomic E-state index is 0. The van der Waals surface area contributed by atoms with Crippen LogP contribution in [0.25, 0.3) is 0 Å². The third-order valence-electron chi connectivity index (χ3n) is 5.00. The molecule has 176 valence electrons. The molecule has 7 nitrogen and oxygen atoms in total. The molecule has 0 atom stereocenters. The first-order valence-corrected chi connectivity index (χ1v) is 11.0. The lowest BCUT2D eigenvalue weighted by Crippen LogP contribution is -2.39. The summed E-state index contributed by atoms with van der Waals surface area (Å²) in [5, 5.41) is 9.52. The molecule has 1 aliphatic rings. The maximum Gasteiger partial charge on any atom is 0.412 e. The maximum atomic E-state index is 11.8. The highest BCUT2D eigenvalue weighted by atomic mass is 127. The molecule has 0 spiro atoms. The number of hydrogen-bond donors (Lipinski definition) is 3. The summed E-state index contributed by atoms with van der Waals surface area (Å²) in [4.78, 5) is 19.0. The number of guanidine groups is 1. The molecule has 1 amide bonds. The fourth-order valence-electron chi connectivity index (χ4n) is 3.31. The van der Waals surface area contributed by atoms with Gasteiger partial charge in [-0.1, -0.05) is 12.1 Å². The van der Waals surface area contributed by atoms with E-state index >= 15 is 0 Å². The Kier molecular flexibility index (Phi) is 12.2. The van der Waals surface area contributed by atoms with Crippen molar-refractivity contribution in [2.45, 2.75) is 52.6 Å². The largest absolute Gasteiger partial charge is 0.444 e. The highest BCUT2D eigenvalue weighted by Crippen LogP contribution is 2.16. The van der Waals surface area contributed by atoms with Crippen LogP contribution in [0, 0.1) is 5.92 Å². The highest BCUT2D eigenvalue weighted by molar-refractivity contribution is 14.0. The predicted molar refractivity (Wildman–Crippen MR) is 140 cm³/mol. The van der Waals surface area contributed by atoms with Gasteiger partial charge in [0, 0.05) is 25.3 Å². The van der Waals surface area contributed by atoms with Crippen LogP contribution in [0.2, 0.25) is 0 Å². The summed E-state index contributed by atoms with van der Waals surface area (Å²) in [6.45, 7) is 12.5. The van der Waals surface area contributed by atoms with Gasteiger partial charge in [0.05, 0.1) is 0 Å². The molecule has 1 fully saturated rings. The van der Waals surface area contributed by atoms with Gasteiger partial charge >= 0.3 is 6.09 Å². The van der Waals surface area contributed by atoms with E-state index in [9.17, 15) is 4.79 Å². The number of ether oxygens (including phenoxy) is 1. The number of benzene rings is 1. The second-order valence-corrected chi connectivity index (χ2v) is 8.97. The number of halogens is 1. The summed E-state index contributed by atoms with van der Waals surface area (Å²) in [5.41, 5.74) is 1.42. The molecule has 0 radical (unpaired) electrons. The van der Waals surface area contributed by atoms with E-state index in [2.05, 4.69) is 34.8 Å². The average Bonchev–Trinajstić information content (AvgIpc) is 2.67. The Morgan fingerprint density at radius 3 is 2.39 bits per heavy atom. The Hall–Kier alpha value is -1.55. The van der Waals surface area contributed by atoms with E-state index in [1.165, 1.54) is 31.5 Å². The molecular formula is C23H40IN5O2. The summed E-state index contributed by atoms with van der Waals surface area (Å²) in [5.74, 6) is 1.57. The predicted octanol–water partition coefficient (Wildman–Crippen LogP) is 4.09. The zero-order chi connectivity index (χ0) is 22.0. The van der Waals surface area contributed by atoms with Gasteiger partial charge in [0.25, 0.3) is 0 Å². The minimum atomic E-state index is -0.505. The van der Waals surface area contributed by atoms with Crippen molar-refractivity contribution in [1.29, 1.82) is 0 Å². The van der Waals surface area contributed by atoms with Crippen LogP contribution in [0.4, 0.5) is 10.5 Å². The van der Waals surface area contributed by atoms with Crippen molar-refractivity contribution in [1.82, 2.24) is 15.5 Å². The van der Waals surface area contributed by atoms with Crippen molar-refractivity contribution in [2.24, 2.45) is 10.9 Å². The lowest BCUT2D eigenvalue weighted by Gasteiger charge is -2.28. The number of amides is 1. The number of piperidine rings is 1. The molecule has 0 saturated carbocycles. The first-order chi connectivity index (χ1) is 14.2. The summed E-state index contributed by atoms with van der Waals surface area (Å²) in [6, 6.07) is 7.85. The van der Waals surface area contributed by atoms with E-state index in [1.807, 2.05) is 45.0 Å². The van der Waals surface area contributed by atoms with Crippen LogP contribution in [-0.2, 0) is 11.2 Å². The number of likely N-dealkylation sites (tertiary alicyclic amines) is 1. The van der Waals surface area contributed by atoms with Crippen LogP contribution >= 0.6 is 24.0 Å². The number of carbonyl (C=O) groups is 1. The van der Waals surface area contributed by atoms with Crippen LogP contribution in [0.3, 0.4) is 0 Å². The summed E-state index contributed by atoms with van der Waals surface area (Å²) < 4.78 is 5.28. The zero-order valence-corrected chi connectivity index (χ0v) is 22.0. The first-order valence-electron chi connectivity index (χ1n) is 11.0. The standard InChI is InChI=1S/C23H39N5O2.HI/c1-6-24-21(26-17-19-12-15-28(5)16-13-19)25-14-11-18-7-9-20(10-8-18)27-22(29)30-23(2,3)4;/h7-10,19H,6,11-17H2,1-5H3,(H,27,29)(H2,24,25,26);1H. The third-order valence-corrected chi connectivity index (χ3v) is 5.00. The third kappa shape index (κ3) is 11.6. The fourth-order valence-corrected chi connectivity index (χ4v) is 3.31. The number of carbonyl (C=O) groups excluding carboxylic acids is 1. The van der Waals surface area contributed by atoms with Crippen molar-refractivity contribution >= 4 is 41.7 Å². The number of rotatable bonds is 7. The van der Waals surface area contributed by atoms with Gasteiger partial charge in [0.15, 0.2) is 5.96 Å². The Morgan fingerprint density at radius 1 is 1.16 bits per heavy atom. The van der Waals surface area contributed by atoms with Gasteiger partial charge < -0.3 is 20.3 Å². The molecule has 1 saturated heterocycles. The fraction of sp³-hybridized carbons (Fsp3) is 0.652. The number of anilines is 1. The minimum Gasteiger partial charge on any atom is -0.444 e. The van der Waals surface area contributed by atoms with E-state index in [-0.39, 0.29) is 24.0 Å². The molecule has 1 aromatic carbocycles. The van der Waals surface area contributed by atoms with Crippen molar-refractivity contribution < 1.29 is 9.53 Å². The molecule has 1 aromatic rings. The van der Waals surface area contributed by atoms with Crippen LogP contribution in [-0.4, -0.2) is 62.3 Å². The lowest BCUT2D eigenvalue weighted by atomic mass is 9.97. The number of nitrogens with one attached hydrogen (secondary N) is 3. The highest BCUT2D eigenvalue weighted by Gasteiger charge is 2.17. The smallest absolute Gasteiger partial charge is 0.412 e.